The standard InChI is InChI=1S/C16H20N2O6/c1-8(20)18-13-15(22)14(21)12(7-19)24-16(13)23-11-6-17-10-5-3-2-4-9(10)11/h2-6,12-17,19,21-22H,7H2,1H3,(H,18,20). The van der Waals surface area contributed by atoms with Gasteiger partial charge in [0.1, 0.15) is 30.1 Å². The van der Waals surface area contributed by atoms with Crippen LogP contribution in [-0.2, 0) is 9.53 Å². The van der Waals surface area contributed by atoms with Crippen molar-refractivity contribution in [3.63, 3.8) is 0 Å². The van der Waals surface area contributed by atoms with E-state index >= 15 is 0 Å². The summed E-state index contributed by atoms with van der Waals surface area (Å²) in [6, 6.07) is 6.48. The van der Waals surface area contributed by atoms with Gasteiger partial charge in [-0.3, -0.25) is 4.79 Å². The summed E-state index contributed by atoms with van der Waals surface area (Å²) >= 11 is 0. The van der Waals surface area contributed by atoms with Gasteiger partial charge in [0.2, 0.25) is 12.2 Å². The minimum absolute atomic E-state index is 0.398. The maximum absolute atomic E-state index is 11.4. The van der Waals surface area contributed by atoms with Gasteiger partial charge in [0.15, 0.2) is 0 Å². The lowest BCUT2D eigenvalue weighted by Gasteiger charge is -2.41. The molecule has 2 aromatic rings. The third-order valence-electron chi connectivity index (χ3n) is 4.05. The molecule has 1 amide bonds. The zero-order valence-corrected chi connectivity index (χ0v) is 13.0. The zero-order valence-electron chi connectivity index (χ0n) is 13.0. The van der Waals surface area contributed by atoms with Gasteiger partial charge in [0.05, 0.1) is 6.61 Å². The lowest BCUT2D eigenvalue weighted by molar-refractivity contribution is -0.244. The maximum atomic E-state index is 11.4. The number of fused-ring (bicyclic) bond motifs is 1. The van der Waals surface area contributed by atoms with E-state index in [1.54, 1.807) is 6.20 Å². The van der Waals surface area contributed by atoms with Crippen LogP contribution in [0, 0.1) is 0 Å². The number of ether oxygens (including phenoxy) is 2. The molecule has 0 spiro atoms. The van der Waals surface area contributed by atoms with Crippen molar-refractivity contribution < 1.29 is 29.6 Å². The van der Waals surface area contributed by atoms with E-state index in [9.17, 15) is 20.1 Å². The van der Waals surface area contributed by atoms with Gasteiger partial charge in [0.25, 0.3) is 0 Å². The predicted octanol–water partition coefficient (Wildman–Crippen LogP) is -0.510. The summed E-state index contributed by atoms with van der Waals surface area (Å²) in [6.07, 6.45) is -3.11. The molecule has 0 saturated carbocycles. The molecule has 1 aromatic heterocycles. The van der Waals surface area contributed by atoms with E-state index in [2.05, 4.69) is 10.3 Å². The highest BCUT2D eigenvalue weighted by Gasteiger charge is 2.46. The number of hydrogen-bond donors (Lipinski definition) is 5. The summed E-state index contributed by atoms with van der Waals surface area (Å²) < 4.78 is 11.4. The minimum atomic E-state index is -1.34. The number of amides is 1. The Bertz CT molecular complexity index is 717. The Morgan fingerprint density at radius 3 is 2.79 bits per heavy atom. The molecular formula is C16H20N2O6. The molecule has 1 aromatic carbocycles. The molecule has 5 N–H and O–H groups in total. The van der Waals surface area contributed by atoms with Crippen LogP contribution in [0.25, 0.3) is 10.9 Å². The van der Waals surface area contributed by atoms with Gasteiger partial charge in [0, 0.05) is 24.0 Å². The monoisotopic (exact) mass is 336 g/mol. The molecule has 5 unspecified atom stereocenters. The Hall–Kier alpha value is -2.13. The summed E-state index contributed by atoms with van der Waals surface area (Å²) in [6.45, 7) is 0.804. The van der Waals surface area contributed by atoms with E-state index in [1.165, 1.54) is 6.92 Å². The largest absolute Gasteiger partial charge is 0.460 e. The molecule has 24 heavy (non-hydrogen) atoms. The third kappa shape index (κ3) is 3.09. The second-order valence-electron chi connectivity index (χ2n) is 5.75. The first-order valence-corrected chi connectivity index (χ1v) is 7.63. The quantitative estimate of drug-likeness (QED) is 0.512. The molecule has 1 aliphatic heterocycles. The van der Waals surface area contributed by atoms with E-state index in [0.29, 0.717) is 5.75 Å². The number of para-hydroxylation sites is 1. The highest BCUT2D eigenvalue weighted by molar-refractivity contribution is 5.85. The second kappa shape index (κ2) is 6.78. The third-order valence-corrected chi connectivity index (χ3v) is 4.05. The lowest BCUT2D eigenvalue weighted by Crippen LogP contribution is -2.65. The molecule has 1 fully saturated rings. The van der Waals surface area contributed by atoms with Gasteiger partial charge in [-0.15, -0.1) is 0 Å². The van der Waals surface area contributed by atoms with Crippen LogP contribution in [0.15, 0.2) is 30.5 Å². The number of aliphatic hydroxyl groups excluding tert-OH is 3. The van der Waals surface area contributed by atoms with E-state index in [1.807, 2.05) is 24.3 Å². The molecule has 130 valence electrons. The first-order valence-electron chi connectivity index (χ1n) is 7.63. The molecule has 8 nitrogen and oxygen atoms in total. The fourth-order valence-corrected chi connectivity index (χ4v) is 2.84. The minimum Gasteiger partial charge on any atom is -0.460 e. The molecule has 3 rings (SSSR count). The number of rotatable bonds is 4. The van der Waals surface area contributed by atoms with Crippen LogP contribution in [-0.4, -0.2) is 63.5 Å². The molecule has 5 atom stereocenters. The molecule has 0 aliphatic carbocycles. The number of hydrogen-bond acceptors (Lipinski definition) is 6. The van der Waals surface area contributed by atoms with Crippen LogP contribution < -0.4 is 10.1 Å². The molecule has 0 bridgehead atoms. The average molecular weight is 336 g/mol. The second-order valence-corrected chi connectivity index (χ2v) is 5.75. The van der Waals surface area contributed by atoms with Gasteiger partial charge >= 0.3 is 0 Å². The Balaban J connectivity index is 1.88. The molecule has 0 radical (unpaired) electrons. The number of carbonyl (C=O) groups is 1. The first-order chi connectivity index (χ1) is 11.5. The fraction of sp³-hybridized carbons (Fsp3) is 0.438. The van der Waals surface area contributed by atoms with Crippen molar-refractivity contribution in [1.29, 1.82) is 0 Å². The van der Waals surface area contributed by atoms with E-state index in [0.717, 1.165) is 10.9 Å². The predicted molar refractivity (Wildman–Crippen MR) is 84.3 cm³/mol. The number of aromatic nitrogens is 1. The number of aromatic amines is 1. The fourth-order valence-electron chi connectivity index (χ4n) is 2.84. The Labute approximate surface area is 138 Å². The number of aliphatic hydroxyl groups is 3. The average Bonchev–Trinajstić information content (AvgIpc) is 2.97. The van der Waals surface area contributed by atoms with Crippen molar-refractivity contribution in [2.45, 2.75) is 37.6 Å². The van der Waals surface area contributed by atoms with Crippen LogP contribution in [0.1, 0.15) is 6.92 Å². The Morgan fingerprint density at radius 1 is 1.33 bits per heavy atom. The summed E-state index contributed by atoms with van der Waals surface area (Å²) in [4.78, 5) is 14.5. The highest BCUT2D eigenvalue weighted by Crippen LogP contribution is 2.29. The smallest absolute Gasteiger partial charge is 0.223 e. The van der Waals surface area contributed by atoms with Crippen LogP contribution in [0.5, 0.6) is 5.75 Å². The topological polar surface area (TPSA) is 124 Å². The van der Waals surface area contributed by atoms with E-state index in [-0.39, 0.29) is 0 Å². The Kier molecular flexibility index (Phi) is 4.72. The van der Waals surface area contributed by atoms with Gasteiger partial charge in [-0.05, 0) is 12.1 Å². The van der Waals surface area contributed by atoms with Crippen LogP contribution >= 0.6 is 0 Å². The SMILES string of the molecule is CC(=O)NC1C(Oc2c[nH]c3ccccc23)OC(CO)C(O)C1O. The Morgan fingerprint density at radius 2 is 2.08 bits per heavy atom. The van der Waals surface area contributed by atoms with Crippen LogP contribution in [0.3, 0.4) is 0 Å². The van der Waals surface area contributed by atoms with Crippen molar-refractivity contribution in [3.8, 4) is 5.75 Å². The van der Waals surface area contributed by atoms with Crippen molar-refractivity contribution in [2.24, 2.45) is 0 Å². The maximum Gasteiger partial charge on any atom is 0.223 e. The summed E-state index contributed by atoms with van der Waals surface area (Å²) in [5.41, 5.74) is 0.860. The van der Waals surface area contributed by atoms with Crippen molar-refractivity contribution in [2.75, 3.05) is 6.61 Å². The van der Waals surface area contributed by atoms with Crippen molar-refractivity contribution >= 4 is 16.8 Å². The highest BCUT2D eigenvalue weighted by atomic mass is 16.7. The first kappa shape index (κ1) is 16.7. The number of H-pyrrole nitrogens is 1. The molecule has 2 heterocycles. The lowest BCUT2D eigenvalue weighted by atomic mass is 9.97. The van der Waals surface area contributed by atoms with E-state index < -0.39 is 43.2 Å². The number of carbonyl (C=O) groups excluding carboxylic acids is 1. The molecule has 1 saturated heterocycles. The summed E-state index contributed by atoms with van der Waals surface area (Å²) in [5, 5.41) is 32.9. The van der Waals surface area contributed by atoms with Crippen molar-refractivity contribution in [1.82, 2.24) is 10.3 Å². The summed E-state index contributed by atoms with van der Waals surface area (Å²) in [7, 11) is 0. The van der Waals surface area contributed by atoms with Gasteiger partial charge in [-0.2, -0.15) is 0 Å². The van der Waals surface area contributed by atoms with Gasteiger partial charge in [-0.1, -0.05) is 12.1 Å². The van der Waals surface area contributed by atoms with Gasteiger partial charge < -0.3 is 35.1 Å². The van der Waals surface area contributed by atoms with E-state index in [4.69, 9.17) is 9.47 Å². The zero-order chi connectivity index (χ0) is 17.3. The van der Waals surface area contributed by atoms with Crippen molar-refractivity contribution in [3.05, 3.63) is 30.5 Å². The molecule has 8 heteroatoms. The van der Waals surface area contributed by atoms with Gasteiger partial charge in [-0.25, -0.2) is 0 Å². The number of benzene rings is 1. The van der Waals surface area contributed by atoms with Crippen LogP contribution in [0.2, 0.25) is 0 Å². The molecular weight excluding hydrogens is 316 g/mol. The summed E-state index contributed by atoms with van der Waals surface area (Å²) in [5.74, 6) is 0.0797. The van der Waals surface area contributed by atoms with Crippen LogP contribution in [0.4, 0.5) is 0 Å². The number of nitrogens with one attached hydrogen (secondary N) is 2. The normalized spacial score (nSPS) is 30.2. The molecule has 1 aliphatic rings.